The molecular weight excluding hydrogens is 384 g/mol. The van der Waals surface area contributed by atoms with E-state index in [1.54, 1.807) is 18.2 Å². The van der Waals surface area contributed by atoms with Gasteiger partial charge in [-0.25, -0.2) is 4.79 Å². The van der Waals surface area contributed by atoms with Crippen LogP contribution < -0.4 is 10.6 Å². The van der Waals surface area contributed by atoms with Crippen molar-refractivity contribution in [3.63, 3.8) is 0 Å². The summed E-state index contributed by atoms with van der Waals surface area (Å²) in [5.41, 5.74) is 2.98. The molecule has 0 fully saturated rings. The van der Waals surface area contributed by atoms with E-state index in [9.17, 15) is 9.59 Å². The van der Waals surface area contributed by atoms with Crippen LogP contribution in [0, 0.1) is 6.92 Å². The Labute approximate surface area is 155 Å². The van der Waals surface area contributed by atoms with Crippen molar-refractivity contribution in [1.82, 2.24) is 5.32 Å². The van der Waals surface area contributed by atoms with Gasteiger partial charge >= 0.3 is 5.97 Å². The predicted octanol–water partition coefficient (Wildman–Crippen LogP) is 3.83. The Morgan fingerprint density at radius 1 is 1.16 bits per heavy atom. The summed E-state index contributed by atoms with van der Waals surface area (Å²) < 4.78 is 5.72. The Bertz CT molecular complexity index is 760. The van der Waals surface area contributed by atoms with Crippen LogP contribution in [0.3, 0.4) is 0 Å². The Morgan fingerprint density at radius 2 is 1.84 bits per heavy atom. The lowest BCUT2D eigenvalue weighted by molar-refractivity contribution is -0.115. The third-order valence-electron chi connectivity index (χ3n) is 3.87. The molecule has 2 aromatic carbocycles. The first-order valence-corrected chi connectivity index (χ1v) is 8.67. The highest BCUT2D eigenvalue weighted by atomic mass is 79.9. The van der Waals surface area contributed by atoms with E-state index in [0.717, 1.165) is 15.6 Å². The number of carbonyl (C=O) groups excluding carboxylic acids is 2. The second-order valence-corrected chi connectivity index (χ2v) is 6.64. The average molecular weight is 405 g/mol. The summed E-state index contributed by atoms with van der Waals surface area (Å²) in [6.07, 6.45) is 0. The molecule has 0 bridgehead atoms. The molecule has 1 atom stereocenters. The molecule has 25 heavy (non-hydrogen) atoms. The number of halogens is 1. The number of aryl methyl sites for hydroxylation is 1. The first-order valence-electron chi connectivity index (χ1n) is 7.88. The van der Waals surface area contributed by atoms with Gasteiger partial charge in [0.15, 0.2) is 0 Å². The van der Waals surface area contributed by atoms with Crippen LogP contribution in [0.2, 0.25) is 0 Å². The van der Waals surface area contributed by atoms with E-state index in [-0.39, 0.29) is 18.5 Å². The zero-order valence-corrected chi connectivity index (χ0v) is 16.0. The van der Waals surface area contributed by atoms with Crippen molar-refractivity contribution in [2.75, 3.05) is 19.0 Å². The zero-order chi connectivity index (χ0) is 18.4. The Hall–Kier alpha value is -2.18. The fourth-order valence-corrected chi connectivity index (χ4v) is 2.58. The van der Waals surface area contributed by atoms with E-state index in [0.29, 0.717) is 11.3 Å². The van der Waals surface area contributed by atoms with Gasteiger partial charge in [-0.05, 0) is 49.2 Å². The summed E-state index contributed by atoms with van der Waals surface area (Å²) in [5, 5.41) is 6.02. The molecule has 0 heterocycles. The van der Waals surface area contributed by atoms with Crippen molar-refractivity contribution >= 4 is 33.5 Å². The molecule has 0 spiro atoms. The van der Waals surface area contributed by atoms with Gasteiger partial charge in [-0.3, -0.25) is 4.79 Å². The molecule has 0 aliphatic rings. The highest BCUT2D eigenvalue weighted by Crippen LogP contribution is 2.18. The molecule has 2 aromatic rings. The van der Waals surface area contributed by atoms with Gasteiger partial charge in [0.05, 0.1) is 19.2 Å². The summed E-state index contributed by atoms with van der Waals surface area (Å²) in [5.74, 6) is -0.605. The molecule has 5 nitrogen and oxygen atoms in total. The summed E-state index contributed by atoms with van der Waals surface area (Å²) in [6.45, 7) is 4.04. The maximum atomic E-state index is 12.2. The lowest BCUT2D eigenvalue weighted by atomic mass is 10.1. The molecule has 2 rings (SSSR count). The molecule has 0 saturated heterocycles. The highest BCUT2D eigenvalue weighted by molar-refractivity contribution is 9.10. The van der Waals surface area contributed by atoms with Crippen LogP contribution in [0.25, 0.3) is 0 Å². The van der Waals surface area contributed by atoms with Gasteiger partial charge in [0.25, 0.3) is 0 Å². The van der Waals surface area contributed by atoms with Crippen LogP contribution in [0.4, 0.5) is 5.69 Å². The van der Waals surface area contributed by atoms with Gasteiger partial charge in [-0.2, -0.15) is 0 Å². The number of ether oxygens (including phenoxy) is 1. The third kappa shape index (κ3) is 5.41. The predicted molar refractivity (Wildman–Crippen MR) is 102 cm³/mol. The molecule has 2 N–H and O–H groups in total. The number of nitrogens with one attached hydrogen (secondary N) is 2. The number of esters is 1. The molecule has 0 saturated carbocycles. The van der Waals surface area contributed by atoms with Gasteiger partial charge in [0.1, 0.15) is 0 Å². The number of rotatable bonds is 6. The second-order valence-electron chi connectivity index (χ2n) is 5.72. The second kappa shape index (κ2) is 8.78. The normalized spacial score (nSPS) is 11.7. The van der Waals surface area contributed by atoms with Crippen LogP contribution in [0.5, 0.6) is 0 Å². The lowest BCUT2D eigenvalue weighted by Crippen LogP contribution is -2.30. The van der Waals surface area contributed by atoms with Crippen LogP contribution >= 0.6 is 15.9 Å². The van der Waals surface area contributed by atoms with Crippen LogP contribution in [-0.2, 0) is 9.53 Å². The Morgan fingerprint density at radius 3 is 2.48 bits per heavy atom. The van der Waals surface area contributed by atoms with E-state index in [2.05, 4.69) is 26.6 Å². The zero-order valence-electron chi connectivity index (χ0n) is 14.4. The Balaban J connectivity index is 1.96. The van der Waals surface area contributed by atoms with Gasteiger partial charge in [-0.1, -0.05) is 34.1 Å². The first kappa shape index (κ1) is 19.1. The lowest BCUT2D eigenvalue weighted by Gasteiger charge is -2.15. The van der Waals surface area contributed by atoms with E-state index in [1.165, 1.54) is 7.11 Å². The van der Waals surface area contributed by atoms with Gasteiger partial charge in [-0.15, -0.1) is 0 Å². The number of anilines is 1. The molecular formula is C19H21BrN2O3. The van der Waals surface area contributed by atoms with Crippen molar-refractivity contribution in [2.24, 2.45) is 0 Å². The fourth-order valence-electron chi connectivity index (χ4n) is 2.31. The molecule has 0 aliphatic heterocycles. The molecule has 1 amide bonds. The number of amides is 1. The molecule has 6 heteroatoms. The van der Waals surface area contributed by atoms with E-state index < -0.39 is 5.97 Å². The summed E-state index contributed by atoms with van der Waals surface area (Å²) in [6, 6.07) is 13.1. The van der Waals surface area contributed by atoms with Crippen molar-refractivity contribution in [1.29, 1.82) is 0 Å². The average Bonchev–Trinajstić information content (AvgIpc) is 2.61. The van der Waals surface area contributed by atoms with Crippen LogP contribution in [0.1, 0.15) is 34.5 Å². The standard InChI is InChI=1S/C19H21BrN2O3/c1-12-4-5-15(19(24)25-3)10-17(12)22-18(23)11-21-13(2)14-6-8-16(20)9-7-14/h4-10,13,21H,11H2,1-3H3,(H,22,23)/t13-/m1/s1. The molecule has 0 aliphatic carbocycles. The minimum atomic E-state index is -0.433. The van der Waals surface area contributed by atoms with Gasteiger partial charge in [0.2, 0.25) is 5.91 Å². The van der Waals surface area contributed by atoms with Crippen LogP contribution in [-0.4, -0.2) is 25.5 Å². The molecule has 132 valence electrons. The fraction of sp³-hybridized carbons (Fsp3) is 0.263. The quantitative estimate of drug-likeness (QED) is 0.717. The van der Waals surface area contributed by atoms with Crippen molar-refractivity contribution in [2.45, 2.75) is 19.9 Å². The summed E-state index contributed by atoms with van der Waals surface area (Å²) >= 11 is 3.40. The SMILES string of the molecule is COC(=O)c1ccc(C)c(NC(=O)CN[C@H](C)c2ccc(Br)cc2)c1. The van der Waals surface area contributed by atoms with Crippen LogP contribution in [0.15, 0.2) is 46.9 Å². The topological polar surface area (TPSA) is 67.4 Å². The third-order valence-corrected chi connectivity index (χ3v) is 4.40. The highest BCUT2D eigenvalue weighted by Gasteiger charge is 2.12. The number of hydrogen-bond acceptors (Lipinski definition) is 4. The first-order chi connectivity index (χ1) is 11.9. The minimum absolute atomic E-state index is 0.0429. The largest absolute Gasteiger partial charge is 0.465 e. The number of carbonyl (C=O) groups is 2. The molecule has 0 unspecified atom stereocenters. The summed E-state index contributed by atoms with van der Waals surface area (Å²) in [4.78, 5) is 23.8. The maximum Gasteiger partial charge on any atom is 0.337 e. The number of methoxy groups -OCH3 is 1. The number of hydrogen-bond donors (Lipinski definition) is 2. The van der Waals surface area contributed by atoms with Gasteiger partial charge < -0.3 is 15.4 Å². The van der Waals surface area contributed by atoms with Crippen molar-refractivity contribution in [3.8, 4) is 0 Å². The maximum absolute atomic E-state index is 12.2. The Kier molecular flexibility index (Phi) is 6.73. The monoisotopic (exact) mass is 404 g/mol. The van der Waals surface area contributed by atoms with E-state index in [4.69, 9.17) is 4.74 Å². The molecule has 0 aromatic heterocycles. The number of benzene rings is 2. The van der Waals surface area contributed by atoms with E-state index >= 15 is 0 Å². The minimum Gasteiger partial charge on any atom is -0.465 e. The van der Waals surface area contributed by atoms with Gasteiger partial charge in [0, 0.05) is 16.2 Å². The smallest absolute Gasteiger partial charge is 0.337 e. The summed E-state index contributed by atoms with van der Waals surface area (Å²) in [7, 11) is 1.33. The van der Waals surface area contributed by atoms with Crippen molar-refractivity contribution < 1.29 is 14.3 Å². The van der Waals surface area contributed by atoms with Crippen molar-refractivity contribution in [3.05, 3.63) is 63.6 Å². The van der Waals surface area contributed by atoms with E-state index in [1.807, 2.05) is 38.1 Å². The molecule has 0 radical (unpaired) electrons.